The minimum atomic E-state index is -0.422. The van der Waals surface area contributed by atoms with Gasteiger partial charge in [-0.1, -0.05) is 12.8 Å². The first-order valence-corrected chi connectivity index (χ1v) is 6.80. The van der Waals surface area contributed by atoms with Gasteiger partial charge in [-0.2, -0.15) is 0 Å². The van der Waals surface area contributed by atoms with Crippen molar-refractivity contribution in [3.8, 4) is 0 Å². The fraction of sp³-hybridized carbons (Fsp3) is 0.692. The summed E-state index contributed by atoms with van der Waals surface area (Å²) in [6.07, 6.45) is 6.61. The zero-order chi connectivity index (χ0) is 13.8. The molecule has 0 aliphatic heterocycles. The minimum Gasteiger partial charge on any atom is -0.391 e. The van der Waals surface area contributed by atoms with Crippen LogP contribution in [0.3, 0.4) is 0 Å². The maximum Gasteiger partial charge on any atom is 0.274 e. The number of rotatable bonds is 4. The second kappa shape index (κ2) is 6.16. The molecule has 106 valence electrons. The number of nitrogens with two attached hydrogens (primary N) is 1. The van der Waals surface area contributed by atoms with E-state index in [9.17, 15) is 9.90 Å². The van der Waals surface area contributed by atoms with E-state index in [1.54, 1.807) is 29.0 Å². The Bertz CT molecular complexity index is 432. The Morgan fingerprint density at radius 2 is 2.32 bits per heavy atom. The lowest BCUT2D eigenvalue weighted by Gasteiger charge is -2.34. The maximum atomic E-state index is 12.3. The molecule has 0 aromatic carbocycles. The van der Waals surface area contributed by atoms with Crippen molar-refractivity contribution < 1.29 is 9.90 Å². The van der Waals surface area contributed by atoms with Gasteiger partial charge in [-0.3, -0.25) is 4.79 Å². The van der Waals surface area contributed by atoms with Crippen LogP contribution in [0.5, 0.6) is 0 Å². The van der Waals surface area contributed by atoms with Crippen molar-refractivity contribution in [3.63, 3.8) is 0 Å². The molecule has 0 saturated heterocycles. The Morgan fingerprint density at radius 3 is 3.00 bits per heavy atom. The zero-order valence-corrected chi connectivity index (χ0v) is 11.3. The molecular formula is C13H22N4O2. The zero-order valence-electron chi connectivity index (χ0n) is 11.3. The van der Waals surface area contributed by atoms with Crippen LogP contribution >= 0.6 is 0 Å². The molecule has 1 aliphatic rings. The molecule has 0 spiro atoms. The standard InChI is InChI=1S/C13H22N4O2/c1-16(11-4-2-3-5-12(11)18)13(19)10-8-17(7-6-14)9-15-10/h8-9,11-12,18H,2-7,14H2,1H3. The van der Waals surface area contributed by atoms with E-state index in [-0.39, 0.29) is 11.9 Å². The normalized spacial score (nSPS) is 23.3. The molecular weight excluding hydrogens is 244 g/mol. The molecule has 0 bridgehead atoms. The molecule has 1 aliphatic carbocycles. The Labute approximate surface area is 113 Å². The highest BCUT2D eigenvalue weighted by Crippen LogP contribution is 2.23. The van der Waals surface area contributed by atoms with Crippen LogP contribution in [0.15, 0.2) is 12.5 Å². The van der Waals surface area contributed by atoms with Crippen molar-refractivity contribution in [2.24, 2.45) is 5.73 Å². The van der Waals surface area contributed by atoms with E-state index >= 15 is 0 Å². The third-order valence-corrected chi connectivity index (χ3v) is 3.75. The number of hydrogen-bond acceptors (Lipinski definition) is 4. The molecule has 1 amide bonds. The van der Waals surface area contributed by atoms with Crippen molar-refractivity contribution >= 4 is 5.91 Å². The molecule has 1 aromatic rings. The Morgan fingerprint density at radius 1 is 1.58 bits per heavy atom. The van der Waals surface area contributed by atoms with Crippen LogP contribution in [-0.4, -0.2) is 51.2 Å². The predicted octanol–water partition coefficient (Wildman–Crippen LogP) is 0.217. The number of aliphatic hydroxyl groups excluding tert-OH is 1. The molecule has 2 rings (SSSR count). The summed E-state index contributed by atoms with van der Waals surface area (Å²) in [6.45, 7) is 1.16. The van der Waals surface area contributed by atoms with Crippen molar-refractivity contribution in [1.82, 2.24) is 14.5 Å². The lowest BCUT2D eigenvalue weighted by Crippen LogP contribution is -2.46. The Balaban J connectivity index is 2.04. The number of aromatic nitrogens is 2. The van der Waals surface area contributed by atoms with Crippen molar-refractivity contribution in [2.45, 2.75) is 44.4 Å². The molecule has 3 N–H and O–H groups in total. The molecule has 2 atom stereocenters. The van der Waals surface area contributed by atoms with Gasteiger partial charge in [0, 0.05) is 26.3 Å². The summed E-state index contributed by atoms with van der Waals surface area (Å²) in [5, 5.41) is 9.99. The van der Waals surface area contributed by atoms with Crippen LogP contribution in [0, 0.1) is 0 Å². The van der Waals surface area contributed by atoms with Crippen LogP contribution in [0.2, 0.25) is 0 Å². The molecule has 1 fully saturated rings. The van der Waals surface area contributed by atoms with Gasteiger partial charge >= 0.3 is 0 Å². The fourth-order valence-corrected chi connectivity index (χ4v) is 2.62. The average Bonchev–Trinajstić information content (AvgIpc) is 2.87. The first kappa shape index (κ1) is 14.0. The lowest BCUT2D eigenvalue weighted by atomic mass is 9.91. The van der Waals surface area contributed by atoms with E-state index in [1.807, 2.05) is 0 Å². The predicted molar refractivity (Wildman–Crippen MR) is 71.6 cm³/mol. The van der Waals surface area contributed by atoms with Gasteiger partial charge in [0.2, 0.25) is 0 Å². The Kier molecular flexibility index (Phi) is 4.55. The van der Waals surface area contributed by atoms with E-state index in [2.05, 4.69) is 4.98 Å². The van der Waals surface area contributed by atoms with Gasteiger partial charge in [0.25, 0.3) is 5.91 Å². The van der Waals surface area contributed by atoms with Gasteiger partial charge in [-0.25, -0.2) is 4.98 Å². The lowest BCUT2D eigenvalue weighted by molar-refractivity contribution is 0.0264. The molecule has 1 saturated carbocycles. The summed E-state index contributed by atoms with van der Waals surface area (Å²) >= 11 is 0. The summed E-state index contributed by atoms with van der Waals surface area (Å²) in [4.78, 5) is 18.0. The monoisotopic (exact) mass is 266 g/mol. The number of carbonyl (C=O) groups is 1. The molecule has 1 heterocycles. The molecule has 6 heteroatoms. The van der Waals surface area contributed by atoms with E-state index in [4.69, 9.17) is 5.73 Å². The number of amides is 1. The average molecular weight is 266 g/mol. The minimum absolute atomic E-state index is 0.0964. The van der Waals surface area contributed by atoms with Gasteiger partial charge in [0.05, 0.1) is 18.5 Å². The highest BCUT2D eigenvalue weighted by molar-refractivity contribution is 5.92. The number of nitrogens with zero attached hydrogens (tertiary/aromatic N) is 3. The second-order valence-electron chi connectivity index (χ2n) is 5.12. The van der Waals surface area contributed by atoms with Crippen LogP contribution in [0.1, 0.15) is 36.2 Å². The summed E-state index contributed by atoms with van der Waals surface area (Å²) in [6, 6.07) is -0.0964. The second-order valence-corrected chi connectivity index (χ2v) is 5.12. The van der Waals surface area contributed by atoms with Crippen molar-refractivity contribution in [1.29, 1.82) is 0 Å². The third-order valence-electron chi connectivity index (χ3n) is 3.75. The molecule has 1 aromatic heterocycles. The first-order valence-electron chi connectivity index (χ1n) is 6.80. The topological polar surface area (TPSA) is 84.4 Å². The smallest absolute Gasteiger partial charge is 0.274 e. The fourth-order valence-electron chi connectivity index (χ4n) is 2.62. The molecule has 0 radical (unpaired) electrons. The van der Waals surface area contributed by atoms with Gasteiger partial charge in [-0.05, 0) is 12.8 Å². The summed E-state index contributed by atoms with van der Waals surface area (Å²) < 4.78 is 1.80. The van der Waals surface area contributed by atoms with Crippen molar-refractivity contribution in [2.75, 3.05) is 13.6 Å². The number of aliphatic hydroxyl groups is 1. The van der Waals surface area contributed by atoms with Gasteiger partial charge in [0.15, 0.2) is 0 Å². The SMILES string of the molecule is CN(C(=O)c1cn(CCN)cn1)C1CCCCC1O. The quantitative estimate of drug-likeness (QED) is 0.816. The summed E-state index contributed by atoms with van der Waals surface area (Å²) in [5.41, 5.74) is 5.87. The van der Waals surface area contributed by atoms with Gasteiger partial charge < -0.3 is 20.3 Å². The van der Waals surface area contributed by atoms with Crippen molar-refractivity contribution in [3.05, 3.63) is 18.2 Å². The highest BCUT2D eigenvalue weighted by Gasteiger charge is 2.30. The highest BCUT2D eigenvalue weighted by atomic mass is 16.3. The molecule has 6 nitrogen and oxygen atoms in total. The van der Waals surface area contributed by atoms with E-state index < -0.39 is 6.10 Å². The van der Waals surface area contributed by atoms with Crippen LogP contribution < -0.4 is 5.73 Å². The molecule has 19 heavy (non-hydrogen) atoms. The number of likely N-dealkylation sites (N-methyl/N-ethyl adjacent to an activating group) is 1. The largest absolute Gasteiger partial charge is 0.391 e. The maximum absolute atomic E-state index is 12.3. The molecule has 2 unspecified atom stereocenters. The summed E-state index contributed by atoms with van der Waals surface area (Å²) in [7, 11) is 1.74. The van der Waals surface area contributed by atoms with Crippen LogP contribution in [0.25, 0.3) is 0 Å². The Hall–Kier alpha value is -1.40. The van der Waals surface area contributed by atoms with Gasteiger partial charge in [-0.15, -0.1) is 0 Å². The van der Waals surface area contributed by atoms with Crippen LogP contribution in [-0.2, 0) is 6.54 Å². The van der Waals surface area contributed by atoms with Crippen LogP contribution in [0.4, 0.5) is 0 Å². The van der Waals surface area contributed by atoms with E-state index in [1.165, 1.54) is 0 Å². The van der Waals surface area contributed by atoms with Gasteiger partial charge in [0.1, 0.15) is 5.69 Å². The van der Waals surface area contributed by atoms with E-state index in [0.717, 1.165) is 25.7 Å². The summed E-state index contributed by atoms with van der Waals surface area (Å²) in [5.74, 6) is -0.137. The van der Waals surface area contributed by atoms with E-state index in [0.29, 0.717) is 18.8 Å². The third kappa shape index (κ3) is 3.13. The first-order chi connectivity index (χ1) is 9.13. The number of hydrogen-bond donors (Lipinski definition) is 2. The number of carbonyl (C=O) groups excluding carboxylic acids is 1. The number of imidazole rings is 1.